The Labute approximate surface area is 200 Å². The van der Waals surface area contributed by atoms with Crippen molar-refractivity contribution in [3.63, 3.8) is 0 Å². The topological polar surface area (TPSA) is 50.3 Å². The Morgan fingerprint density at radius 1 is 1.09 bits per heavy atom. The molecule has 1 aromatic rings. The molecule has 0 unspecified atom stereocenters. The fourth-order valence-corrected chi connectivity index (χ4v) is 5.31. The molecule has 3 rings (SSSR count). The van der Waals surface area contributed by atoms with Crippen LogP contribution in [0.1, 0.15) is 60.5 Å². The predicted molar refractivity (Wildman–Crippen MR) is 136 cm³/mol. The van der Waals surface area contributed by atoms with Crippen molar-refractivity contribution in [3.05, 3.63) is 28.8 Å². The largest absolute Gasteiger partial charge is 0.478 e. The summed E-state index contributed by atoms with van der Waals surface area (Å²) < 4.78 is 0. The number of benzene rings is 1. The molecule has 2 aliphatic rings. The van der Waals surface area contributed by atoms with Gasteiger partial charge in [-0.15, -0.1) is 0 Å². The lowest BCUT2D eigenvalue weighted by molar-refractivity contribution is 0.0696. The average Bonchev–Trinajstić information content (AvgIpc) is 3.00. The third kappa shape index (κ3) is 6.72. The molecule has 0 radical (unpaired) electrons. The molecule has 0 aromatic heterocycles. The number of hydrogen-bond donors (Lipinski definition) is 1. The highest BCUT2D eigenvalue weighted by Crippen LogP contribution is 2.33. The third-order valence-electron chi connectivity index (χ3n) is 7.45. The summed E-state index contributed by atoms with van der Waals surface area (Å²) in [6.45, 7) is 10.0. The normalized spacial score (nSPS) is 22.5. The van der Waals surface area contributed by atoms with E-state index >= 15 is 0 Å². The Hall–Kier alpha value is -2.07. The Bertz CT molecular complexity index is 865. The van der Waals surface area contributed by atoms with E-state index in [1.165, 1.54) is 12.8 Å². The first-order chi connectivity index (χ1) is 15.8. The predicted octanol–water partition coefficient (Wildman–Crippen LogP) is 3.38. The van der Waals surface area contributed by atoms with Crippen LogP contribution in [0.4, 0.5) is 5.69 Å². The number of nitrogens with zero attached hydrogens (tertiary/aromatic N) is 4. The molecule has 1 aliphatic carbocycles. The van der Waals surface area contributed by atoms with Crippen LogP contribution in [0, 0.1) is 18.8 Å². The van der Waals surface area contributed by atoms with Crippen molar-refractivity contribution in [2.75, 3.05) is 65.3 Å². The van der Waals surface area contributed by atoms with Crippen LogP contribution in [-0.4, -0.2) is 98.3 Å². The van der Waals surface area contributed by atoms with E-state index in [0.29, 0.717) is 17.6 Å². The van der Waals surface area contributed by atoms with Crippen LogP contribution in [0.5, 0.6) is 0 Å². The van der Waals surface area contributed by atoms with Crippen molar-refractivity contribution in [1.29, 1.82) is 0 Å². The highest BCUT2D eigenvalue weighted by molar-refractivity contribution is 5.92. The zero-order valence-corrected chi connectivity index (χ0v) is 21.2. The first-order valence-corrected chi connectivity index (χ1v) is 12.5. The second-order valence-corrected chi connectivity index (χ2v) is 9.92. The Balaban J connectivity index is 1.81. The number of carbonyl (C=O) groups is 1. The average molecular weight is 455 g/mol. The van der Waals surface area contributed by atoms with Crippen LogP contribution >= 0.6 is 0 Å². The van der Waals surface area contributed by atoms with E-state index in [9.17, 15) is 9.90 Å². The second-order valence-electron chi connectivity index (χ2n) is 9.92. The standard InChI is InChI=1S/C27H42N4O2/c1-6-31(24-12-10-23(11-13-24)28(3)4)26-20-22(19-25(21(26)2)27(32)33)9-7-15-30-16-8-14-29(5)17-18-30/h19-20,23-24H,6,8,10-18H2,1-5H3,(H,32,33)/t23-,24-. The van der Waals surface area contributed by atoms with E-state index in [-0.39, 0.29) is 0 Å². The molecule has 6 nitrogen and oxygen atoms in total. The van der Waals surface area contributed by atoms with Crippen molar-refractivity contribution in [3.8, 4) is 11.8 Å². The zero-order chi connectivity index (χ0) is 24.0. The third-order valence-corrected chi connectivity index (χ3v) is 7.45. The van der Waals surface area contributed by atoms with Gasteiger partial charge in [-0.3, -0.25) is 4.90 Å². The van der Waals surface area contributed by atoms with Crippen LogP contribution in [0.25, 0.3) is 0 Å². The van der Waals surface area contributed by atoms with Crippen molar-refractivity contribution in [2.45, 2.75) is 58.0 Å². The summed E-state index contributed by atoms with van der Waals surface area (Å²) >= 11 is 0. The lowest BCUT2D eigenvalue weighted by Gasteiger charge is -2.40. The molecule has 1 saturated heterocycles. The summed E-state index contributed by atoms with van der Waals surface area (Å²) in [6.07, 6.45) is 5.81. The zero-order valence-electron chi connectivity index (χ0n) is 21.2. The van der Waals surface area contributed by atoms with Gasteiger partial charge < -0.3 is 19.8 Å². The number of anilines is 1. The van der Waals surface area contributed by atoms with Gasteiger partial charge in [0.15, 0.2) is 0 Å². The van der Waals surface area contributed by atoms with Crippen molar-refractivity contribution in [1.82, 2.24) is 14.7 Å². The molecule has 33 heavy (non-hydrogen) atoms. The maximum absolute atomic E-state index is 12.0. The van der Waals surface area contributed by atoms with Gasteiger partial charge in [-0.2, -0.15) is 0 Å². The van der Waals surface area contributed by atoms with E-state index in [2.05, 4.69) is 65.6 Å². The van der Waals surface area contributed by atoms with Gasteiger partial charge in [0.25, 0.3) is 0 Å². The lowest BCUT2D eigenvalue weighted by Crippen LogP contribution is -2.42. The highest BCUT2D eigenvalue weighted by atomic mass is 16.4. The first-order valence-electron chi connectivity index (χ1n) is 12.5. The van der Waals surface area contributed by atoms with Crippen molar-refractivity contribution in [2.24, 2.45) is 0 Å². The summed E-state index contributed by atoms with van der Waals surface area (Å²) in [4.78, 5) is 21.5. The van der Waals surface area contributed by atoms with E-state index in [4.69, 9.17) is 0 Å². The van der Waals surface area contributed by atoms with Crippen LogP contribution in [-0.2, 0) is 0 Å². The summed E-state index contributed by atoms with van der Waals surface area (Å²) in [5.74, 6) is 5.74. The van der Waals surface area contributed by atoms with Gasteiger partial charge in [0.05, 0.1) is 12.1 Å². The minimum absolute atomic E-state index is 0.369. The van der Waals surface area contributed by atoms with Crippen molar-refractivity contribution >= 4 is 11.7 Å². The number of carboxylic acids is 1. The molecule has 1 heterocycles. The number of aromatic carboxylic acids is 1. The Kier molecular flexibility index (Phi) is 9.19. The van der Waals surface area contributed by atoms with Crippen LogP contribution in [0.3, 0.4) is 0 Å². The van der Waals surface area contributed by atoms with Crippen LogP contribution in [0.15, 0.2) is 12.1 Å². The quantitative estimate of drug-likeness (QED) is 0.665. The fourth-order valence-electron chi connectivity index (χ4n) is 5.31. The molecule has 1 N–H and O–H groups in total. The van der Waals surface area contributed by atoms with Gasteiger partial charge >= 0.3 is 5.97 Å². The van der Waals surface area contributed by atoms with Gasteiger partial charge in [-0.1, -0.05) is 11.8 Å². The SMILES string of the molecule is CCN(c1cc(C#CCN2CCCN(C)CC2)cc(C(=O)O)c1C)[C@H]1CC[C@H](N(C)C)CC1. The Morgan fingerprint density at radius 2 is 1.79 bits per heavy atom. The second kappa shape index (κ2) is 11.9. The van der Waals surface area contributed by atoms with Gasteiger partial charge in [0.2, 0.25) is 0 Å². The number of rotatable bonds is 6. The number of likely N-dealkylation sites (N-methyl/N-ethyl adjacent to an activating group) is 1. The van der Waals surface area contributed by atoms with Gasteiger partial charge in [0, 0.05) is 49.5 Å². The molecular formula is C27H42N4O2. The maximum Gasteiger partial charge on any atom is 0.336 e. The minimum Gasteiger partial charge on any atom is -0.478 e. The first kappa shape index (κ1) is 25.6. The molecule has 1 aliphatic heterocycles. The van der Waals surface area contributed by atoms with E-state index < -0.39 is 5.97 Å². The molecule has 2 fully saturated rings. The summed E-state index contributed by atoms with van der Waals surface area (Å²) in [7, 11) is 6.50. The molecule has 0 spiro atoms. The van der Waals surface area contributed by atoms with Gasteiger partial charge in [-0.25, -0.2) is 4.79 Å². The van der Waals surface area contributed by atoms with Gasteiger partial charge in [-0.05, 0) is 91.3 Å². The maximum atomic E-state index is 12.0. The number of carboxylic acid groups (broad SMARTS) is 1. The molecule has 0 amide bonds. The summed E-state index contributed by atoms with van der Waals surface area (Å²) in [5, 5.41) is 9.88. The molecule has 1 saturated carbocycles. The van der Waals surface area contributed by atoms with Crippen molar-refractivity contribution < 1.29 is 9.90 Å². The molecule has 182 valence electrons. The van der Waals surface area contributed by atoms with Gasteiger partial charge in [0.1, 0.15) is 0 Å². The number of hydrogen-bond acceptors (Lipinski definition) is 5. The molecular weight excluding hydrogens is 412 g/mol. The molecule has 0 bridgehead atoms. The monoisotopic (exact) mass is 454 g/mol. The van der Waals surface area contributed by atoms with Crippen LogP contribution < -0.4 is 4.90 Å². The van der Waals surface area contributed by atoms with Crippen LogP contribution in [0.2, 0.25) is 0 Å². The highest BCUT2D eigenvalue weighted by Gasteiger charge is 2.28. The molecule has 1 aromatic carbocycles. The lowest BCUT2D eigenvalue weighted by atomic mass is 9.88. The minimum atomic E-state index is -0.875. The molecule has 0 atom stereocenters. The van der Waals surface area contributed by atoms with E-state index in [1.54, 1.807) is 6.07 Å². The smallest absolute Gasteiger partial charge is 0.336 e. The van der Waals surface area contributed by atoms with E-state index in [0.717, 1.165) is 75.3 Å². The molecule has 6 heteroatoms. The fraction of sp³-hybridized carbons (Fsp3) is 0.667. The van der Waals surface area contributed by atoms with E-state index in [1.807, 2.05) is 6.92 Å². The summed E-state index contributed by atoms with van der Waals surface area (Å²) in [6, 6.07) is 4.96. The Morgan fingerprint density at radius 3 is 2.42 bits per heavy atom. The summed E-state index contributed by atoms with van der Waals surface area (Å²) in [5.41, 5.74) is 3.06.